The van der Waals surface area contributed by atoms with E-state index in [4.69, 9.17) is 5.73 Å². The van der Waals surface area contributed by atoms with Crippen LogP contribution >= 0.6 is 0 Å². The van der Waals surface area contributed by atoms with Gasteiger partial charge in [0.2, 0.25) is 0 Å². The fraction of sp³-hybridized carbons (Fsp3) is 1.00. The van der Waals surface area contributed by atoms with Gasteiger partial charge < -0.3 is 10.5 Å². The molecule has 2 aliphatic rings. The summed E-state index contributed by atoms with van der Waals surface area (Å²) in [6, 6.07) is 0. The van der Waals surface area contributed by atoms with Crippen molar-refractivity contribution in [2.45, 2.75) is 37.5 Å². The van der Waals surface area contributed by atoms with Gasteiger partial charge >= 0.3 is 6.18 Å². The lowest BCUT2D eigenvalue weighted by Crippen LogP contribution is -2.65. The summed E-state index contributed by atoms with van der Waals surface area (Å²) in [6.07, 6.45) is -2.32. The zero-order chi connectivity index (χ0) is 11.3. The summed E-state index contributed by atoms with van der Waals surface area (Å²) in [4.78, 5) is 0. The molecule has 0 bridgehead atoms. The van der Waals surface area contributed by atoms with E-state index in [1.807, 2.05) is 0 Å². The van der Waals surface area contributed by atoms with Gasteiger partial charge in [-0.25, -0.2) is 0 Å². The SMILES string of the molecule is COC1(C(F)(F)F)CC2(CC(CN)C2)C1. The Bertz CT molecular complexity index is 250. The standard InChI is InChI=1S/C10H16F3NO/c1-15-9(10(11,12)13)5-8(6-9)2-7(3-8)4-14/h7H,2-6,14H2,1H3. The molecule has 0 aliphatic heterocycles. The van der Waals surface area contributed by atoms with Gasteiger partial charge in [-0.1, -0.05) is 0 Å². The number of nitrogens with two attached hydrogens (primary N) is 1. The minimum atomic E-state index is -4.24. The van der Waals surface area contributed by atoms with Crippen molar-refractivity contribution in [2.75, 3.05) is 13.7 Å². The molecule has 0 aromatic heterocycles. The van der Waals surface area contributed by atoms with E-state index in [1.165, 1.54) is 0 Å². The second-order valence-electron chi connectivity index (χ2n) is 5.06. The minimum absolute atomic E-state index is 0.116. The maximum Gasteiger partial charge on any atom is 0.417 e. The topological polar surface area (TPSA) is 35.2 Å². The molecule has 0 saturated heterocycles. The van der Waals surface area contributed by atoms with Crippen LogP contribution in [-0.2, 0) is 4.74 Å². The number of rotatable bonds is 2. The first kappa shape index (κ1) is 11.2. The number of halogens is 3. The molecule has 2 rings (SSSR count). The quantitative estimate of drug-likeness (QED) is 0.778. The first-order chi connectivity index (χ1) is 6.86. The zero-order valence-electron chi connectivity index (χ0n) is 8.73. The predicted octanol–water partition coefficient (Wildman–Crippen LogP) is 2.08. The fourth-order valence-corrected chi connectivity index (χ4v) is 3.24. The van der Waals surface area contributed by atoms with Crippen LogP contribution in [0.1, 0.15) is 25.7 Å². The normalized spacial score (nSPS) is 45.0. The summed E-state index contributed by atoms with van der Waals surface area (Å²) < 4.78 is 42.8. The highest BCUT2D eigenvalue weighted by Gasteiger charge is 2.70. The molecule has 2 nitrogen and oxygen atoms in total. The van der Waals surface area contributed by atoms with E-state index < -0.39 is 11.8 Å². The Morgan fingerprint density at radius 1 is 1.33 bits per heavy atom. The number of hydrogen-bond acceptors (Lipinski definition) is 2. The van der Waals surface area contributed by atoms with Crippen molar-refractivity contribution in [1.82, 2.24) is 0 Å². The van der Waals surface area contributed by atoms with E-state index in [9.17, 15) is 13.2 Å². The Labute approximate surface area is 87.0 Å². The van der Waals surface area contributed by atoms with Gasteiger partial charge in [0, 0.05) is 7.11 Å². The van der Waals surface area contributed by atoms with Crippen molar-refractivity contribution < 1.29 is 17.9 Å². The van der Waals surface area contributed by atoms with E-state index in [0.29, 0.717) is 12.5 Å². The Morgan fingerprint density at radius 3 is 2.20 bits per heavy atom. The van der Waals surface area contributed by atoms with E-state index in [1.54, 1.807) is 0 Å². The molecule has 2 aliphatic carbocycles. The summed E-state index contributed by atoms with van der Waals surface area (Å²) in [5, 5.41) is 0. The lowest BCUT2D eigenvalue weighted by molar-refractivity contribution is -0.339. The fourth-order valence-electron chi connectivity index (χ4n) is 3.24. The molecule has 0 unspecified atom stereocenters. The van der Waals surface area contributed by atoms with Gasteiger partial charge in [0.05, 0.1) is 0 Å². The van der Waals surface area contributed by atoms with Gasteiger partial charge in [0.25, 0.3) is 0 Å². The molecule has 0 aromatic carbocycles. The number of hydrogen-bond donors (Lipinski definition) is 1. The van der Waals surface area contributed by atoms with Crippen LogP contribution in [-0.4, -0.2) is 25.4 Å². The van der Waals surface area contributed by atoms with E-state index in [0.717, 1.165) is 20.0 Å². The monoisotopic (exact) mass is 223 g/mol. The third kappa shape index (κ3) is 1.47. The Morgan fingerprint density at radius 2 is 1.87 bits per heavy atom. The minimum Gasteiger partial charge on any atom is -0.369 e. The van der Waals surface area contributed by atoms with E-state index >= 15 is 0 Å². The van der Waals surface area contributed by atoms with Crippen molar-refractivity contribution in [3.8, 4) is 0 Å². The van der Waals surface area contributed by atoms with E-state index in [-0.39, 0.29) is 18.3 Å². The van der Waals surface area contributed by atoms with Crippen LogP contribution in [0, 0.1) is 11.3 Å². The van der Waals surface area contributed by atoms with Gasteiger partial charge in [-0.2, -0.15) is 13.2 Å². The molecule has 2 fully saturated rings. The molecule has 88 valence electrons. The Hall–Kier alpha value is -0.290. The maximum atomic E-state index is 12.7. The zero-order valence-corrected chi connectivity index (χ0v) is 8.73. The maximum absolute atomic E-state index is 12.7. The van der Waals surface area contributed by atoms with Gasteiger partial charge in [0.1, 0.15) is 0 Å². The molecular formula is C10H16F3NO. The molecule has 5 heteroatoms. The van der Waals surface area contributed by atoms with Crippen molar-refractivity contribution in [3.05, 3.63) is 0 Å². The highest BCUT2D eigenvalue weighted by molar-refractivity contribution is 5.14. The summed E-state index contributed by atoms with van der Waals surface area (Å²) in [5.41, 5.74) is 3.48. The molecule has 0 radical (unpaired) electrons. The van der Waals surface area contributed by atoms with Crippen molar-refractivity contribution >= 4 is 0 Å². The van der Waals surface area contributed by atoms with E-state index in [2.05, 4.69) is 4.74 Å². The summed E-state index contributed by atoms with van der Waals surface area (Å²) in [6.45, 7) is 0.591. The highest BCUT2D eigenvalue weighted by atomic mass is 19.4. The van der Waals surface area contributed by atoms with Crippen LogP contribution in [0.3, 0.4) is 0 Å². The van der Waals surface area contributed by atoms with Crippen LogP contribution in [0.4, 0.5) is 13.2 Å². The lowest BCUT2D eigenvalue weighted by Gasteiger charge is -2.62. The third-order valence-corrected chi connectivity index (χ3v) is 4.01. The van der Waals surface area contributed by atoms with Crippen LogP contribution < -0.4 is 5.73 Å². The van der Waals surface area contributed by atoms with Crippen LogP contribution in [0.5, 0.6) is 0 Å². The predicted molar refractivity (Wildman–Crippen MR) is 49.2 cm³/mol. The Balaban J connectivity index is 1.96. The second-order valence-corrected chi connectivity index (χ2v) is 5.06. The summed E-state index contributed by atoms with van der Waals surface area (Å²) >= 11 is 0. The molecule has 2 saturated carbocycles. The molecular weight excluding hydrogens is 207 g/mol. The average Bonchev–Trinajstić information content (AvgIpc) is 1.98. The summed E-state index contributed by atoms with van der Waals surface area (Å²) in [7, 11) is 1.15. The van der Waals surface area contributed by atoms with Crippen LogP contribution in [0.15, 0.2) is 0 Å². The largest absolute Gasteiger partial charge is 0.417 e. The van der Waals surface area contributed by atoms with Crippen molar-refractivity contribution in [1.29, 1.82) is 0 Å². The number of alkyl halides is 3. The number of ether oxygens (including phenoxy) is 1. The Kier molecular flexibility index (Phi) is 2.32. The van der Waals surface area contributed by atoms with Crippen LogP contribution in [0.2, 0.25) is 0 Å². The molecule has 0 atom stereocenters. The van der Waals surface area contributed by atoms with Crippen molar-refractivity contribution in [3.63, 3.8) is 0 Å². The molecule has 0 heterocycles. The third-order valence-electron chi connectivity index (χ3n) is 4.01. The van der Waals surface area contributed by atoms with Gasteiger partial charge in [0.15, 0.2) is 5.60 Å². The first-order valence-electron chi connectivity index (χ1n) is 5.18. The van der Waals surface area contributed by atoms with Crippen molar-refractivity contribution in [2.24, 2.45) is 17.1 Å². The molecule has 1 spiro atoms. The first-order valence-corrected chi connectivity index (χ1v) is 5.18. The van der Waals surface area contributed by atoms with Crippen LogP contribution in [0.25, 0.3) is 0 Å². The molecule has 0 aromatic rings. The smallest absolute Gasteiger partial charge is 0.369 e. The van der Waals surface area contributed by atoms with Gasteiger partial charge in [-0.15, -0.1) is 0 Å². The number of methoxy groups -OCH3 is 1. The molecule has 0 amide bonds. The summed E-state index contributed by atoms with van der Waals surface area (Å²) in [5.74, 6) is 0.424. The highest BCUT2D eigenvalue weighted by Crippen LogP contribution is 2.67. The molecule has 15 heavy (non-hydrogen) atoms. The average molecular weight is 223 g/mol. The van der Waals surface area contributed by atoms with Gasteiger partial charge in [-0.3, -0.25) is 0 Å². The molecule has 2 N–H and O–H groups in total. The second kappa shape index (κ2) is 3.10. The lowest BCUT2D eigenvalue weighted by atomic mass is 9.46. The van der Waals surface area contributed by atoms with Gasteiger partial charge in [-0.05, 0) is 43.6 Å².